The third kappa shape index (κ3) is 8.48. The molecule has 0 radical (unpaired) electrons. The molecule has 0 amide bonds. The molecule has 0 aliphatic carbocycles. The highest BCUT2D eigenvalue weighted by Crippen LogP contribution is 2.50. The Labute approximate surface area is 428 Å². The summed E-state index contributed by atoms with van der Waals surface area (Å²) in [6.45, 7) is 8.22. The number of benzene rings is 12. The maximum Gasteiger partial charge on any atom is 0.147 e. The Morgan fingerprint density at radius 2 is 0.595 bits per heavy atom. The summed E-state index contributed by atoms with van der Waals surface area (Å²) in [6, 6.07) is 68.8. The summed E-state index contributed by atoms with van der Waals surface area (Å²) in [5.74, 6) is -2.35. The predicted molar refractivity (Wildman–Crippen MR) is 300 cm³/mol. The molecule has 0 aliphatic heterocycles. The van der Waals surface area contributed by atoms with Crippen molar-refractivity contribution < 1.29 is 17.6 Å². The minimum absolute atomic E-state index is 0.0444. The second kappa shape index (κ2) is 18.6. The van der Waals surface area contributed by atoms with Crippen LogP contribution in [0.25, 0.3) is 76.8 Å². The maximum absolute atomic E-state index is 16.7. The SMILES string of the molecule is Cc1cccc(-c2cc(-c3cccc(C)c3)cc(N(c3cc(F)ccc3F)c3ccc4ccc5c(N(c6cc(-c7cccc(C)c7)cc(-c7cccc(C)c7)c6)c6cc(F)ccc6F)ccc6ccc3c4c65)c2)c1. The summed E-state index contributed by atoms with van der Waals surface area (Å²) in [7, 11) is 0. The first-order chi connectivity index (χ1) is 35.9. The van der Waals surface area contributed by atoms with E-state index in [1.54, 1.807) is 0 Å². The lowest BCUT2D eigenvalue weighted by atomic mass is 9.91. The molecule has 0 spiro atoms. The van der Waals surface area contributed by atoms with Crippen LogP contribution in [0.3, 0.4) is 0 Å². The molecule has 74 heavy (non-hydrogen) atoms. The van der Waals surface area contributed by atoms with E-state index in [2.05, 4.69) is 113 Å². The third-order valence-corrected chi connectivity index (χ3v) is 14.2. The van der Waals surface area contributed by atoms with E-state index < -0.39 is 23.3 Å². The molecule has 0 fully saturated rings. The van der Waals surface area contributed by atoms with Crippen molar-refractivity contribution in [2.75, 3.05) is 9.80 Å². The van der Waals surface area contributed by atoms with Crippen LogP contribution in [0.1, 0.15) is 22.3 Å². The molecule has 12 aromatic carbocycles. The molecule has 6 heteroatoms. The molecule has 0 aliphatic rings. The van der Waals surface area contributed by atoms with Gasteiger partial charge in [0.15, 0.2) is 0 Å². The molecule has 0 heterocycles. The van der Waals surface area contributed by atoms with Crippen LogP contribution in [-0.4, -0.2) is 0 Å². The molecule has 358 valence electrons. The van der Waals surface area contributed by atoms with E-state index in [9.17, 15) is 0 Å². The van der Waals surface area contributed by atoms with Gasteiger partial charge in [-0.25, -0.2) is 17.6 Å². The van der Waals surface area contributed by atoms with Gasteiger partial charge in [0, 0.05) is 34.3 Å². The molecule has 0 saturated heterocycles. The van der Waals surface area contributed by atoms with E-state index in [4.69, 9.17) is 0 Å². The van der Waals surface area contributed by atoms with Crippen LogP contribution in [0, 0.1) is 51.0 Å². The fourth-order valence-corrected chi connectivity index (χ4v) is 10.7. The Hall–Kier alpha value is -9.00. The van der Waals surface area contributed by atoms with Crippen molar-refractivity contribution in [1.82, 2.24) is 0 Å². The van der Waals surface area contributed by atoms with Crippen LogP contribution in [0.2, 0.25) is 0 Å². The zero-order chi connectivity index (χ0) is 50.8. The molecule has 0 atom stereocenters. The monoisotopic (exact) mass is 968 g/mol. The molecule has 0 aromatic heterocycles. The summed E-state index contributed by atoms with van der Waals surface area (Å²) < 4.78 is 64.7. The van der Waals surface area contributed by atoms with Crippen molar-refractivity contribution in [3.05, 3.63) is 264 Å². The second-order valence-electron chi connectivity index (χ2n) is 19.5. The Morgan fingerprint density at radius 3 is 0.919 bits per heavy atom. The van der Waals surface area contributed by atoms with Crippen molar-refractivity contribution in [3.63, 3.8) is 0 Å². The first-order valence-corrected chi connectivity index (χ1v) is 24.7. The molecular formula is C68H48F4N2. The van der Waals surface area contributed by atoms with Crippen LogP contribution < -0.4 is 9.80 Å². The summed E-state index contributed by atoms with van der Waals surface area (Å²) in [5, 5.41) is 5.16. The molecule has 2 nitrogen and oxygen atoms in total. The van der Waals surface area contributed by atoms with E-state index in [1.807, 2.05) is 107 Å². The number of aryl methyl sites for hydroxylation is 4. The summed E-state index contributed by atoms with van der Waals surface area (Å²) in [4.78, 5) is 3.64. The highest BCUT2D eigenvalue weighted by molar-refractivity contribution is 6.28. The number of anilines is 6. The largest absolute Gasteiger partial charge is 0.307 e. The van der Waals surface area contributed by atoms with Crippen LogP contribution in [0.15, 0.2) is 218 Å². The van der Waals surface area contributed by atoms with Crippen LogP contribution in [0.4, 0.5) is 51.7 Å². The van der Waals surface area contributed by atoms with E-state index in [0.29, 0.717) is 22.7 Å². The van der Waals surface area contributed by atoms with E-state index >= 15 is 17.6 Å². The highest BCUT2D eigenvalue weighted by atomic mass is 19.1. The fourth-order valence-electron chi connectivity index (χ4n) is 10.7. The second-order valence-corrected chi connectivity index (χ2v) is 19.5. The van der Waals surface area contributed by atoms with Gasteiger partial charge in [-0.2, -0.15) is 0 Å². The number of halogens is 4. The van der Waals surface area contributed by atoms with Crippen molar-refractivity contribution in [1.29, 1.82) is 0 Å². The minimum atomic E-state index is -0.594. The normalized spacial score (nSPS) is 11.5. The number of nitrogens with zero attached hydrogens (tertiary/aromatic N) is 2. The van der Waals surface area contributed by atoms with Crippen molar-refractivity contribution in [2.24, 2.45) is 0 Å². The maximum atomic E-state index is 16.7. The lowest BCUT2D eigenvalue weighted by Gasteiger charge is -2.30. The average molecular weight is 969 g/mol. The quantitative estimate of drug-likeness (QED) is 0.0995. The Morgan fingerprint density at radius 1 is 0.270 bits per heavy atom. The zero-order valence-corrected chi connectivity index (χ0v) is 41.2. The first kappa shape index (κ1) is 46.1. The average Bonchev–Trinajstić information content (AvgIpc) is 3.40. The van der Waals surface area contributed by atoms with E-state index in [0.717, 1.165) is 111 Å². The van der Waals surface area contributed by atoms with Gasteiger partial charge in [0.05, 0.1) is 22.7 Å². The number of rotatable bonds is 10. The standard InChI is InChI=1S/C68H48F4N2/c1-41-9-5-13-47(29-41)51-33-52(48-14-6-10-42(2)30-48)36-57(35-51)73(65-39-55(69)21-25-61(65)71)63-27-19-45-18-24-60-64(28-20-46-17-23-59(63)67(45)68(46)60)74(66-40-56(70)22-26-62(66)72)58-37-53(49-15-7-11-43(3)31-49)34-54(38-58)50-16-8-12-44(4)32-50/h5-40H,1-4H3. The van der Waals surface area contributed by atoms with Gasteiger partial charge < -0.3 is 9.80 Å². The van der Waals surface area contributed by atoms with Crippen molar-refractivity contribution in [2.45, 2.75) is 27.7 Å². The van der Waals surface area contributed by atoms with Crippen molar-refractivity contribution >= 4 is 66.4 Å². The van der Waals surface area contributed by atoms with Crippen LogP contribution >= 0.6 is 0 Å². The Balaban J connectivity index is 1.13. The van der Waals surface area contributed by atoms with Crippen LogP contribution in [0.5, 0.6) is 0 Å². The van der Waals surface area contributed by atoms with Crippen LogP contribution in [-0.2, 0) is 0 Å². The molecule has 0 N–H and O–H groups in total. The van der Waals surface area contributed by atoms with Gasteiger partial charge in [-0.1, -0.05) is 156 Å². The minimum Gasteiger partial charge on any atom is -0.307 e. The highest BCUT2D eigenvalue weighted by Gasteiger charge is 2.26. The smallest absolute Gasteiger partial charge is 0.147 e. The zero-order valence-electron chi connectivity index (χ0n) is 41.2. The van der Waals surface area contributed by atoms with Gasteiger partial charge in [0.25, 0.3) is 0 Å². The molecule has 0 bridgehead atoms. The van der Waals surface area contributed by atoms with E-state index in [-0.39, 0.29) is 11.4 Å². The molecular weight excluding hydrogens is 921 g/mol. The summed E-state index contributed by atoms with van der Waals surface area (Å²) >= 11 is 0. The summed E-state index contributed by atoms with van der Waals surface area (Å²) in [6.07, 6.45) is 0. The van der Waals surface area contributed by atoms with E-state index in [1.165, 1.54) is 24.3 Å². The van der Waals surface area contributed by atoms with Gasteiger partial charge in [-0.3, -0.25) is 0 Å². The van der Waals surface area contributed by atoms with Gasteiger partial charge in [-0.15, -0.1) is 0 Å². The van der Waals surface area contributed by atoms with Gasteiger partial charge >= 0.3 is 0 Å². The molecule has 0 saturated carbocycles. The van der Waals surface area contributed by atoms with Crippen molar-refractivity contribution in [3.8, 4) is 44.5 Å². The molecule has 0 unspecified atom stereocenters. The third-order valence-electron chi connectivity index (χ3n) is 14.2. The number of hydrogen-bond donors (Lipinski definition) is 0. The van der Waals surface area contributed by atoms with Gasteiger partial charge in [-0.05, 0) is 167 Å². The lowest BCUT2D eigenvalue weighted by molar-refractivity contribution is 0.601. The molecule has 12 aromatic rings. The predicted octanol–water partition coefficient (Wildman–Crippen LogP) is 20.0. The Kier molecular flexibility index (Phi) is 11.6. The van der Waals surface area contributed by atoms with Gasteiger partial charge in [0.2, 0.25) is 0 Å². The summed E-state index contributed by atoms with van der Waals surface area (Å²) in [5.41, 5.74) is 14.5. The topological polar surface area (TPSA) is 6.48 Å². The molecule has 12 rings (SSSR count). The number of hydrogen-bond acceptors (Lipinski definition) is 2. The first-order valence-electron chi connectivity index (χ1n) is 24.7. The Bertz CT molecular complexity index is 3760. The fraction of sp³-hybridized carbons (Fsp3) is 0.0588. The lowest BCUT2D eigenvalue weighted by Crippen LogP contribution is -2.14. The van der Waals surface area contributed by atoms with Gasteiger partial charge in [0.1, 0.15) is 23.3 Å².